The number of aryl methyl sites for hydroxylation is 2. The first-order valence-corrected chi connectivity index (χ1v) is 10.4. The molecule has 1 saturated heterocycles. The summed E-state index contributed by atoms with van der Waals surface area (Å²) in [6.07, 6.45) is 3.79. The number of piperidine rings is 1. The maximum atomic E-state index is 12.8. The second kappa shape index (κ2) is 7.99. The van der Waals surface area contributed by atoms with Gasteiger partial charge in [-0.15, -0.1) is 0 Å². The first-order chi connectivity index (χ1) is 14.3. The number of carbonyl (C=O) groups excluding carboxylic acids is 2. The third kappa shape index (κ3) is 3.73. The van der Waals surface area contributed by atoms with Crippen molar-refractivity contribution in [3.8, 4) is 0 Å². The molecule has 30 heavy (non-hydrogen) atoms. The van der Waals surface area contributed by atoms with Gasteiger partial charge in [-0.25, -0.2) is 4.79 Å². The minimum atomic E-state index is -0.113. The van der Waals surface area contributed by atoms with Crippen molar-refractivity contribution in [1.29, 1.82) is 0 Å². The molecule has 7 nitrogen and oxygen atoms in total. The molecule has 0 bridgehead atoms. The highest BCUT2D eigenvalue weighted by Crippen LogP contribution is 2.35. The van der Waals surface area contributed by atoms with Gasteiger partial charge in [0.25, 0.3) is 5.91 Å². The quantitative estimate of drug-likeness (QED) is 0.586. The monoisotopic (exact) mass is 407 g/mol. The molecule has 4 N–H and O–H groups in total. The Morgan fingerprint density at radius 1 is 1.20 bits per heavy atom. The van der Waals surface area contributed by atoms with E-state index < -0.39 is 0 Å². The number of aromatic amines is 1. The molecule has 1 aromatic carbocycles. The number of urea groups is 1. The van der Waals surface area contributed by atoms with Crippen molar-refractivity contribution in [3.05, 3.63) is 46.3 Å². The number of benzene rings is 1. The van der Waals surface area contributed by atoms with Crippen molar-refractivity contribution in [2.75, 3.05) is 30.8 Å². The average molecular weight is 408 g/mol. The largest absolute Gasteiger partial charge is 0.357 e. The summed E-state index contributed by atoms with van der Waals surface area (Å²) in [6, 6.07) is 6.07. The summed E-state index contributed by atoms with van der Waals surface area (Å²) in [6.45, 7) is 7.77. The van der Waals surface area contributed by atoms with Crippen molar-refractivity contribution < 1.29 is 9.59 Å². The van der Waals surface area contributed by atoms with Gasteiger partial charge >= 0.3 is 6.03 Å². The highest BCUT2D eigenvalue weighted by atomic mass is 16.2. The summed E-state index contributed by atoms with van der Waals surface area (Å²) >= 11 is 0. The maximum Gasteiger partial charge on any atom is 0.321 e. The number of hydrogen-bond donors (Lipinski definition) is 4. The number of hydrogen-bond acceptors (Lipinski definition) is 3. The third-order valence-electron chi connectivity index (χ3n) is 6.13. The Morgan fingerprint density at radius 2 is 1.93 bits per heavy atom. The van der Waals surface area contributed by atoms with Gasteiger partial charge in [0, 0.05) is 35.7 Å². The molecular weight excluding hydrogens is 378 g/mol. The zero-order valence-electron chi connectivity index (χ0n) is 18.0. The molecule has 7 heteroatoms. The summed E-state index contributed by atoms with van der Waals surface area (Å²) in [4.78, 5) is 30.5. The van der Waals surface area contributed by atoms with E-state index in [0.29, 0.717) is 5.57 Å². The molecule has 0 atom stereocenters. The van der Waals surface area contributed by atoms with Crippen molar-refractivity contribution in [2.45, 2.75) is 39.7 Å². The van der Waals surface area contributed by atoms with Crippen molar-refractivity contribution in [2.24, 2.45) is 0 Å². The first-order valence-electron chi connectivity index (χ1n) is 10.4. The number of rotatable bonds is 3. The number of nitrogens with one attached hydrogen (secondary N) is 4. The third-order valence-corrected chi connectivity index (χ3v) is 6.13. The van der Waals surface area contributed by atoms with Crippen molar-refractivity contribution in [3.63, 3.8) is 0 Å². The Hall–Kier alpha value is -3.06. The molecular formula is C23H29N5O2. The van der Waals surface area contributed by atoms with Crippen LogP contribution in [0.1, 0.15) is 40.9 Å². The second-order valence-electron chi connectivity index (χ2n) is 8.25. The fourth-order valence-electron chi connectivity index (χ4n) is 4.25. The van der Waals surface area contributed by atoms with Gasteiger partial charge in [-0.05, 0) is 70.5 Å². The van der Waals surface area contributed by atoms with E-state index in [4.69, 9.17) is 0 Å². The summed E-state index contributed by atoms with van der Waals surface area (Å²) in [7, 11) is 1.85. The number of aromatic nitrogens is 1. The molecule has 3 heterocycles. The molecule has 0 unspecified atom stereocenters. The van der Waals surface area contributed by atoms with Crippen LogP contribution < -0.4 is 16.0 Å². The molecule has 0 aliphatic carbocycles. The molecule has 2 aromatic rings. The van der Waals surface area contributed by atoms with E-state index in [1.807, 2.05) is 52.1 Å². The topological polar surface area (TPSA) is 89.3 Å². The van der Waals surface area contributed by atoms with Gasteiger partial charge in [0.05, 0.1) is 11.3 Å². The molecule has 1 aromatic heterocycles. The van der Waals surface area contributed by atoms with Gasteiger partial charge in [-0.3, -0.25) is 4.79 Å². The van der Waals surface area contributed by atoms with Gasteiger partial charge < -0.3 is 25.8 Å². The van der Waals surface area contributed by atoms with Crippen molar-refractivity contribution in [1.82, 2.24) is 15.2 Å². The van der Waals surface area contributed by atoms with E-state index in [1.54, 1.807) is 4.90 Å². The Balaban J connectivity index is 1.59. The summed E-state index contributed by atoms with van der Waals surface area (Å²) in [5, 5.41) is 9.31. The lowest BCUT2D eigenvalue weighted by Gasteiger charge is -2.31. The lowest BCUT2D eigenvalue weighted by Crippen LogP contribution is -2.45. The van der Waals surface area contributed by atoms with Gasteiger partial charge in [0.2, 0.25) is 0 Å². The van der Waals surface area contributed by atoms with E-state index in [-0.39, 0.29) is 18.0 Å². The van der Waals surface area contributed by atoms with Crippen LogP contribution in [0.15, 0.2) is 18.2 Å². The molecule has 0 radical (unpaired) electrons. The Bertz CT molecular complexity index is 1030. The van der Waals surface area contributed by atoms with E-state index in [2.05, 4.69) is 20.9 Å². The van der Waals surface area contributed by atoms with Crippen LogP contribution in [0.3, 0.4) is 0 Å². The summed E-state index contributed by atoms with van der Waals surface area (Å²) < 4.78 is 0. The van der Waals surface area contributed by atoms with E-state index in [9.17, 15) is 9.59 Å². The van der Waals surface area contributed by atoms with Crippen LogP contribution in [0.5, 0.6) is 0 Å². The second-order valence-corrected chi connectivity index (χ2v) is 8.25. The maximum absolute atomic E-state index is 12.8. The van der Waals surface area contributed by atoms with Gasteiger partial charge in [0.15, 0.2) is 0 Å². The fourth-order valence-corrected chi connectivity index (χ4v) is 4.25. The lowest BCUT2D eigenvalue weighted by molar-refractivity contribution is -0.110. The summed E-state index contributed by atoms with van der Waals surface area (Å²) in [5.41, 5.74) is 6.85. The molecule has 0 spiro atoms. The summed E-state index contributed by atoms with van der Waals surface area (Å²) in [5.74, 6) is -0.113. The first kappa shape index (κ1) is 20.2. The molecule has 0 saturated carbocycles. The minimum Gasteiger partial charge on any atom is -0.357 e. The van der Waals surface area contributed by atoms with Crippen LogP contribution in [0, 0.1) is 20.8 Å². The number of amides is 3. The van der Waals surface area contributed by atoms with Gasteiger partial charge in [0.1, 0.15) is 0 Å². The molecule has 1 fully saturated rings. The van der Waals surface area contributed by atoms with E-state index >= 15 is 0 Å². The Labute approximate surface area is 176 Å². The normalized spacial score (nSPS) is 17.7. The van der Waals surface area contributed by atoms with Gasteiger partial charge in [-0.1, -0.05) is 11.6 Å². The predicted octanol–water partition coefficient (Wildman–Crippen LogP) is 3.65. The van der Waals surface area contributed by atoms with E-state index in [0.717, 1.165) is 65.4 Å². The SMILES string of the molecule is Cc1ccc2c(c1)/C(=C/c1[nH]c(C)c(NC(=O)N(C)C3CCNCC3)c1C)C(=O)N2. The standard InChI is InChI=1S/C23H29N5O2/c1-13-5-6-19-17(11-13)18(22(29)26-19)12-20-14(2)21(15(3)25-20)27-23(30)28(4)16-7-9-24-10-8-16/h5-6,11-12,16,24-25H,7-10H2,1-4H3,(H,26,29)(H,27,30)/b18-12-. The lowest BCUT2D eigenvalue weighted by atomic mass is 10.0. The molecule has 4 rings (SSSR count). The van der Waals surface area contributed by atoms with Crippen LogP contribution in [0.2, 0.25) is 0 Å². The molecule has 3 amide bonds. The molecule has 2 aliphatic rings. The van der Waals surface area contributed by atoms with Crippen LogP contribution in [-0.2, 0) is 4.79 Å². The van der Waals surface area contributed by atoms with Gasteiger partial charge in [-0.2, -0.15) is 0 Å². The van der Waals surface area contributed by atoms with Crippen molar-refractivity contribution >= 4 is 35.0 Å². The number of fused-ring (bicyclic) bond motifs is 1. The minimum absolute atomic E-state index is 0.106. The van der Waals surface area contributed by atoms with Crippen LogP contribution in [0.25, 0.3) is 11.6 Å². The average Bonchev–Trinajstić information content (AvgIpc) is 3.18. The van der Waals surface area contributed by atoms with E-state index in [1.165, 1.54) is 0 Å². The predicted molar refractivity (Wildman–Crippen MR) is 121 cm³/mol. The van der Waals surface area contributed by atoms with Crippen LogP contribution in [-0.4, -0.2) is 48.0 Å². The zero-order valence-corrected chi connectivity index (χ0v) is 18.0. The number of H-pyrrole nitrogens is 1. The van der Waals surface area contributed by atoms with Crippen LogP contribution >= 0.6 is 0 Å². The smallest absolute Gasteiger partial charge is 0.321 e. The number of carbonyl (C=O) groups is 2. The fraction of sp³-hybridized carbons (Fsp3) is 0.391. The highest BCUT2D eigenvalue weighted by molar-refractivity contribution is 6.35. The Morgan fingerprint density at radius 3 is 2.67 bits per heavy atom. The molecule has 2 aliphatic heterocycles. The molecule has 158 valence electrons. The number of anilines is 2. The highest BCUT2D eigenvalue weighted by Gasteiger charge is 2.26. The Kier molecular flexibility index (Phi) is 5.39. The number of nitrogens with zero attached hydrogens (tertiary/aromatic N) is 1. The zero-order chi connectivity index (χ0) is 21.4. The van der Waals surface area contributed by atoms with Crippen LogP contribution in [0.4, 0.5) is 16.2 Å².